The number of rotatable bonds is 6. The molecule has 1 heterocycles. The molecule has 1 rings (SSSR count). The molecule has 0 amide bonds. The second-order valence-corrected chi connectivity index (χ2v) is 3.80. The van der Waals surface area contributed by atoms with Crippen LogP contribution >= 0.6 is 0 Å². The van der Waals surface area contributed by atoms with Crippen LogP contribution in [0.1, 0.15) is 44.3 Å². The predicted molar refractivity (Wildman–Crippen MR) is 65.6 cm³/mol. The minimum atomic E-state index is 0.00214. The molecule has 0 fully saturated rings. The summed E-state index contributed by atoms with van der Waals surface area (Å²) in [6.45, 7) is 7.02. The Morgan fingerprint density at radius 1 is 1.38 bits per heavy atom. The van der Waals surface area contributed by atoms with Gasteiger partial charge in [0.2, 0.25) is 0 Å². The fraction of sp³-hybridized carbons (Fsp3) is 0.667. The lowest BCUT2D eigenvalue weighted by Crippen LogP contribution is -2.10. The van der Waals surface area contributed by atoms with E-state index in [1.54, 1.807) is 7.11 Å². The SMILES string of the molecule is CCCC(OC)c1nc(C)cc(NCC)n1. The van der Waals surface area contributed by atoms with Crippen LogP contribution in [0.15, 0.2) is 6.07 Å². The van der Waals surface area contributed by atoms with E-state index in [0.717, 1.165) is 36.7 Å². The Morgan fingerprint density at radius 2 is 2.12 bits per heavy atom. The minimum absolute atomic E-state index is 0.00214. The van der Waals surface area contributed by atoms with Gasteiger partial charge >= 0.3 is 0 Å². The van der Waals surface area contributed by atoms with Crippen molar-refractivity contribution in [3.05, 3.63) is 17.6 Å². The first kappa shape index (κ1) is 12.9. The largest absolute Gasteiger partial charge is 0.373 e. The highest BCUT2D eigenvalue weighted by Gasteiger charge is 2.13. The van der Waals surface area contributed by atoms with E-state index in [2.05, 4.69) is 29.1 Å². The molecule has 0 spiro atoms. The van der Waals surface area contributed by atoms with E-state index in [0.29, 0.717) is 0 Å². The third-order valence-corrected chi connectivity index (χ3v) is 2.35. The van der Waals surface area contributed by atoms with Gasteiger partial charge in [0.1, 0.15) is 11.9 Å². The second kappa shape index (κ2) is 6.43. The average Bonchev–Trinajstić information content (AvgIpc) is 2.25. The molecule has 4 nitrogen and oxygen atoms in total. The molecule has 0 aromatic carbocycles. The Labute approximate surface area is 97.5 Å². The number of nitrogens with one attached hydrogen (secondary N) is 1. The molecule has 0 saturated heterocycles. The van der Waals surface area contributed by atoms with Gasteiger partial charge in [0.25, 0.3) is 0 Å². The summed E-state index contributed by atoms with van der Waals surface area (Å²) in [5.41, 5.74) is 0.971. The molecule has 0 aliphatic heterocycles. The Hall–Kier alpha value is -1.16. The van der Waals surface area contributed by atoms with Crippen molar-refractivity contribution in [2.45, 2.75) is 39.7 Å². The summed E-state index contributed by atoms with van der Waals surface area (Å²) in [5.74, 6) is 1.66. The van der Waals surface area contributed by atoms with Gasteiger partial charge in [0, 0.05) is 25.4 Å². The molecule has 1 aromatic rings. The topological polar surface area (TPSA) is 47.0 Å². The van der Waals surface area contributed by atoms with E-state index in [4.69, 9.17) is 4.74 Å². The summed E-state index contributed by atoms with van der Waals surface area (Å²) >= 11 is 0. The first-order chi connectivity index (χ1) is 7.71. The lowest BCUT2D eigenvalue weighted by molar-refractivity contribution is 0.0876. The van der Waals surface area contributed by atoms with Gasteiger partial charge in [-0.15, -0.1) is 0 Å². The smallest absolute Gasteiger partial charge is 0.159 e. The second-order valence-electron chi connectivity index (χ2n) is 3.80. The number of ether oxygens (including phenoxy) is 1. The van der Waals surface area contributed by atoms with Crippen LogP contribution in [0, 0.1) is 6.92 Å². The van der Waals surface area contributed by atoms with Crippen molar-refractivity contribution in [1.82, 2.24) is 9.97 Å². The fourth-order valence-corrected chi connectivity index (χ4v) is 1.62. The number of methoxy groups -OCH3 is 1. The van der Waals surface area contributed by atoms with E-state index in [1.165, 1.54) is 0 Å². The van der Waals surface area contributed by atoms with E-state index >= 15 is 0 Å². The van der Waals surface area contributed by atoms with Crippen molar-refractivity contribution in [2.75, 3.05) is 19.0 Å². The summed E-state index contributed by atoms with van der Waals surface area (Å²) in [4.78, 5) is 8.90. The normalized spacial score (nSPS) is 12.5. The summed E-state index contributed by atoms with van der Waals surface area (Å²) in [5, 5.41) is 3.20. The summed E-state index contributed by atoms with van der Waals surface area (Å²) < 4.78 is 5.41. The first-order valence-corrected chi connectivity index (χ1v) is 5.83. The zero-order valence-corrected chi connectivity index (χ0v) is 10.6. The fourth-order valence-electron chi connectivity index (χ4n) is 1.62. The third-order valence-electron chi connectivity index (χ3n) is 2.35. The van der Waals surface area contributed by atoms with Crippen LogP contribution in [0.2, 0.25) is 0 Å². The molecule has 0 bridgehead atoms. The van der Waals surface area contributed by atoms with E-state index in [9.17, 15) is 0 Å². The summed E-state index contributed by atoms with van der Waals surface area (Å²) in [6.07, 6.45) is 2.01. The Bertz CT molecular complexity index is 328. The predicted octanol–water partition coefficient (Wildman–Crippen LogP) is 2.70. The highest BCUT2D eigenvalue weighted by molar-refractivity contribution is 5.35. The number of anilines is 1. The molecule has 90 valence electrons. The molecule has 0 saturated carbocycles. The third kappa shape index (κ3) is 3.45. The molecule has 1 aromatic heterocycles. The van der Waals surface area contributed by atoms with Crippen molar-refractivity contribution in [3.8, 4) is 0 Å². The molecule has 16 heavy (non-hydrogen) atoms. The zero-order chi connectivity index (χ0) is 12.0. The molecule has 1 atom stereocenters. The van der Waals surface area contributed by atoms with Gasteiger partial charge < -0.3 is 10.1 Å². The van der Waals surface area contributed by atoms with Gasteiger partial charge in [0.15, 0.2) is 5.82 Å². The molecule has 1 N–H and O–H groups in total. The highest BCUT2D eigenvalue weighted by Crippen LogP contribution is 2.20. The number of aryl methyl sites for hydroxylation is 1. The van der Waals surface area contributed by atoms with Gasteiger partial charge in [-0.1, -0.05) is 13.3 Å². The van der Waals surface area contributed by atoms with E-state index in [1.807, 2.05) is 13.0 Å². The molecular formula is C12H21N3O. The summed E-state index contributed by atoms with van der Waals surface area (Å²) in [6, 6.07) is 1.95. The monoisotopic (exact) mass is 223 g/mol. The molecule has 0 radical (unpaired) electrons. The van der Waals surface area contributed by atoms with Crippen LogP contribution in [0.5, 0.6) is 0 Å². The van der Waals surface area contributed by atoms with Crippen LogP contribution in [-0.4, -0.2) is 23.6 Å². The Kier molecular flexibility index (Phi) is 5.19. The average molecular weight is 223 g/mol. The number of aromatic nitrogens is 2. The lowest BCUT2D eigenvalue weighted by atomic mass is 10.2. The van der Waals surface area contributed by atoms with Crippen LogP contribution < -0.4 is 5.32 Å². The van der Waals surface area contributed by atoms with Crippen molar-refractivity contribution in [3.63, 3.8) is 0 Å². The van der Waals surface area contributed by atoms with E-state index < -0.39 is 0 Å². The van der Waals surface area contributed by atoms with Crippen LogP contribution in [-0.2, 0) is 4.74 Å². The van der Waals surface area contributed by atoms with Gasteiger partial charge in [-0.2, -0.15) is 0 Å². The van der Waals surface area contributed by atoms with Crippen molar-refractivity contribution in [2.24, 2.45) is 0 Å². The maximum Gasteiger partial charge on any atom is 0.159 e. The van der Waals surface area contributed by atoms with Crippen molar-refractivity contribution in [1.29, 1.82) is 0 Å². The quantitative estimate of drug-likeness (QED) is 0.805. The van der Waals surface area contributed by atoms with Gasteiger partial charge in [-0.3, -0.25) is 0 Å². The number of nitrogens with zero attached hydrogens (tertiary/aromatic N) is 2. The first-order valence-electron chi connectivity index (χ1n) is 5.83. The molecule has 4 heteroatoms. The molecule has 0 aliphatic rings. The highest BCUT2D eigenvalue weighted by atomic mass is 16.5. The summed E-state index contributed by atoms with van der Waals surface area (Å²) in [7, 11) is 1.71. The lowest BCUT2D eigenvalue weighted by Gasteiger charge is -2.14. The minimum Gasteiger partial charge on any atom is -0.373 e. The van der Waals surface area contributed by atoms with Crippen LogP contribution in [0.25, 0.3) is 0 Å². The van der Waals surface area contributed by atoms with Gasteiger partial charge in [0.05, 0.1) is 0 Å². The van der Waals surface area contributed by atoms with Crippen molar-refractivity contribution < 1.29 is 4.74 Å². The standard InChI is InChI=1S/C12H21N3O/c1-5-7-10(16-4)12-14-9(3)8-11(15-12)13-6-2/h8,10H,5-7H2,1-4H3,(H,13,14,15). The Morgan fingerprint density at radius 3 is 2.69 bits per heavy atom. The van der Waals surface area contributed by atoms with Gasteiger partial charge in [-0.05, 0) is 20.3 Å². The maximum atomic E-state index is 5.41. The van der Waals surface area contributed by atoms with Crippen LogP contribution in [0.4, 0.5) is 5.82 Å². The molecule has 0 aliphatic carbocycles. The molecule has 1 unspecified atom stereocenters. The number of hydrogen-bond acceptors (Lipinski definition) is 4. The Balaban J connectivity index is 2.92. The van der Waals surface area contributed by atoms with Crippen molar-refractivity contribution >= 4 is 5.82 Å². The molecular weight excluding hydrogens is 202 g/mol. The van der Waals surface area contributed by atoms with Gasteiger partial charge in [-0.25, -0.2) is 9.97 Å². The zero-order valence-electron chi connectivity index (χ0n) is 10.6. The van der Waals surface area contributed by atoms with E-state index in [-0.39, 0.29) is 6.10 Å². The number of hydrogen-bond donors (Lipinski definition) is 1. The van der Waals surface area contributed by atoms with Crippen LogP contribution in [0.3, 0.4) is 0 Å². The maximum absolute atomic E-state index is 5.41.